The molecule has 0 N–H and O–H groups in total. The number of carbonyl (C=O) groups excluding carboxylic acids is 2. The van der Waals surface area contributed by atoms with E-state index in [-0.39, 0.29) is 41.3 Å². The van der Waals surface area contributed by atoms with Crippen molar-refractivity contribution >= 4 is 47.9 Å². The summed E-state index contributed by atoms with van der Waals surface area (Å²) < 4.78 is 40.8. The summed E-state index contributed by atoms with van der Waals surface area (Å²) in [4.78, 5) is 39.2. The van der Waals surface area contributed by atoms with Crippen LogP contribution in [-0.4, -0.2) is 79.7 Å². The Kier molecular flexibility index (Phi) is 9.93. The van der Waals surface area contributed by atoms with Crippen molar-refractivity contribution in [2.24, 2.45) is 5.41 Å². The zero-order valence-electron chi connectivity index (χ0n) is 32.9. The second-order valence-corrected chi connectivity index (χ2v) is 22.3. The molecule has 0 aliphatic carbocycles. The fourth-order valence-corrected chi connectivity index (χ4v) is 7.93. The van der Waals surface area contributed by atoms with E-state index in [1.54, 1.807) is 19.9 Å². The summed E-state index contributed by atoms with van der Waals surface area (Å²) in [6, 6.07) is 15.3. The van der Waals surface area contributed by atoms with Gasteiger partial charge < -0.3 is 23.5 Å². The molecule has 10 nitrogen and oxygen atoms in total. The summed E-state index contributed by atoms with van der Waals surface area (Å²) in [5, 5.41) is 2.31. The van der Waals surface area contributed by atoms with Gasteiger partial charge in [-0.1, -0.05) is 51.1 Å². The van der Waals surface area contributed by atoms with Crippen molar-refractivity contribution in [2.45, 2.75) is 104 Å². The highest BCUT2D eigenvalue weighted by Crippen LogP contribution is 2.43. The van der Waals surface area contributed by atoms with Crippen molar-refractivity contribution < 1.29 is 32.6 Å². The number of nitrogens with zero attached hydrogens (tertiary/aromatic N) is 4. The van der Waals surface area contributed by atoms with Crippen LogP contribution >= 0.6 is 0 Å². The molecule has 4 aromatic rings. The van der Waals surface area contributed by atoms with Gasteiger partial charge in [0.2, 0.25) is 8.32 Å². The molecule has 0 unspecified atom stereocenters. The van der Waals surface area contributed by atoms with Crippen LogP contribution in [0.3, 0.4) is 0 Å². The predicted octanol–water partition coefficient (Wildman–Crippen LogP) is 9.14. The summed E-state index contributed by atoms with van der Waals surface area (Å²) in [5.41, 5.74) is -0.461. The van der Waals surface area contributed by atoms with Gasteiger partial charge in [-0.3, -0.25) is 9.69 Å². The Labute approximate surface area is 313 Å². The van der Waals surface area contributed by atoms with Crippen molar-refractivity contribution in [3.8, 4) is 22.9 Å². The number of carbonyl (C=O) groups is 2. The lowest BCUT2D eigenvalue weighted by Crippen LogP contribution is -2.57. The van der Waals surface area contributed by atoms with Crippen LogP contribution in [0.4, 0.5) is 15.0 Å². The number of benzene rings is 3. The van der Waals surface area contributed by atoms with E-state index in [2.05, 4.69) is 43.7 Å². The van der Waals surface area contributed by atoms with Crippen LogP contribution in [0.25, 0.3) is 32.8 Å². The second-order valence-electron chi connectivity index (χ2n) is 17.5. The molecule has 12 heteroatoms. The van der Waals surface area contributed by atoms with Gasteiger partial charge in [0, 0.05) is 24.0 Å². The highest BCUT2D eigenvalue weighted by Gasteiger charge is 2.45. The molecule has 1 aromatic heterocycles. The number of esters is 1. The lowest BCUT2D eigenvalue weighted by atomic mass is 9.95. The Morgan fingerprint density at radius 2 is 1.55 bits per heavy atom. The van der Waals surface area contributed by atoms with Gasteiger partial charge in [0.25, 0.3) is 0 Å². The quantitative estimate of drug-likeness (QED) is 0.129. The van der Waals surface area contributed by atoms with Crippen LogP contribution in [0.1, 0.15) is 68.2 Å². The molecule has 2 bridgehead atoms. The van der Waals surface area contributed by atoms with Crippen molar-refractivity contribution in [3.05, 3.63) is 54.3 Å². The molecule has 2 saturated heterocycles. The van der Waals surface area contributed by atoms with Crippen molar-refractivity contribution in [1.82, 2.24) is 14.9 Å². The fraction of sp³-hybridized carbons (Fsp3) is 0.512. The molecular weight excluding hydrogens is 692 g/mol. The zero-order chi connectivity index (χ0) is 38.7. The fourth-order valence-electron chi connectivity index (χ4n) is 6.92. The van der Waals surface area contributed by atoms with Crippen LogP contribution in [0, 0.1) is 11.2 Å². The van der Waals surface area contributed by atoms with Crippen molar-refractivity contribution in [3.63, 3.8) is 0 Å². The van der Waals surface area contributed by atoms with Crippen LogP contribution in [0.2, 0.25) is 18.1 Å². The Morgan fingerprint density at radius 1 is 0.887 bits per heavy atom. The molecule has 6 rings (SSSR count). The van der Waals surface area contributed by atoms with E-state index in [1.165, 1.54) is 7.11 Å². The van der Waals surface area contributed by atoms with Gasteiger partial charge in [-0.15, -0.1) is 0 Å². The largest absolute Gasteiger partial charge is 0.543 e. The smallest absolute Gasteiger partial charge is 0.410 e. The molecule has 0 radical (unpaired) electrons. The van der Waals surface area contributed by atoms with E-state index >= 15 is 4.39 Å². The number of piperazine rings is 1. The van der Waals surface area contributed by atoms with Crippen molar-refractivity contribution in [2.75, 3.05) is 31.7 Å². The van der Waals surface area contributed by atoms with E-state index in [1.807, 2.05) is 68.1 Å². The van der Waals surface area contributed by atoms with Gasteiger partial charge >= 0.3 is 18.1 Å². The standard InChI is InChI=1S/C41H53FN4O6Si/c1-39(2,3)51-38(48)46-26-16-17-27(46)23-45(22-26)35-31-19-18-30(33(42)34(31)43-37(44-35)50-24-41(7,8)36(47)49-9)32-21-28(52-53(10,11)40(4,5)6)20-25-14-12-13-15-29(25)32/h12-15,18-21,26-27H,16-17,22-24H2,1-11H3/t26-,27+. The number of aromatic nitrogens is 2. The first-order valence-corrected chi connectivity index (χ1v) is 21.3. The molecule has 2 aliphatic rings. The number of halogens is 1. The molecule has 53 heavy (non-hydrogen) atoms. The summed E-state index contributed by atoms with van der Waals surface area (Å²) in [7, 11) is -0.890. The Morgan fingerprint density at radius 3 is 2.17 bits per heavy atom. The number of hydrogen-bond donors (Lipinski definition) is 0. The summed E-state index contributed by atoms with van der Waals surface area (Å²) >= 11 is 0. The third kappa shape index (κ3) is 7.65. The molecule has 0 spiro atoms. The number of rotatable bonds is 8. The topological polar surface area (TPSA) is 103 Å². The Hall–Kier alpha value is -4.45. The Balaban J connectivity index is 1.46. The van der Waals surface area contributed by atoms with Crippen LogP contribution < -0.4 is 14.1 Å². The van der Waals surface area contributed by atoms with E-state index < -0.39 is 31.1 Å². The summed E-state index contributed by atoms with van der Waals surface area (Å²) in [5.74, 6) is 0.231. The molecular formula is C41H53FN4O6Si. The van der Waals surface area contributed by atoms with E-state index in [0.29, 0.717) is 41.2 Å². The first-order valence-electron chi connectivity index (χ1n) is 18.4. The molecule has 3 aromatic carbocycles. The molecule has 3 heterocycles. The van der Waals surface area contributed by atoms with Crippen molar-refractivity contribution in [1.29, 1.82) is 0 Å². The first-order chi connectivity index (χ1) is 24.7. The van der Waals surface area contributed by atoms with Crippen LogP contribution in [-0.2, 0) is 14.3 Å². The number of hydrogen-bond acceptors (Lipinski definition) is 9. The minimum atomic E-state index is -2.22. The normalized spacial score (nSPS) is 18.0. The second kappa shape index (κ2) is 13.8. The van der Waals surface area contributed by atoms with Crippen LogP contribution in [0.15, 0.2) is 48.5 Å². The van der Waals surface area contributed by atoms with Gasteiger partial charge in [0.1, 0.15) is 29.3 Å². The molecule has 2 fully saturated rings. The van der Waals surface area contributed by atoms with Crippen LogP contribution in [0.5, 0.6) is 11.8 Å². The Bertz CT molecular complexity index is 2040. The van der Waals surface area contributed by atoms with E-state index in [0.717, 1.165) is 23.6 Å². The van der Waals surface area contributed by atoms with E-state index in [9.17, 15) is 9.59 Å². The average Bonchev–Trinajstić information content (AvgIpc) is 3.34. The third-order valence-corrected chi connectivity index (χ3v) is 15.1. The summed E-state index contributed by atoms with van der Waals surface area (Å²) in [6.07, 6.45) is 1.31. The van der Waals surface area contributed by atoms with Gasteiger partial charge in [-0.2, -0.15) is 9.97 Å². The molecule has 1 amide bonds. The number of methoxy groups -OCH3 is 1. The predicted molar refractivity (Wildman–Crippen MR) is 209 cm³/mol. The maximum atomic E-state index is 17.3. The maximum Gasteiger partial charge on any atom is 0.410 e. The number of fused-ring (bicyclic) bond motifs is 4. The minimum absolute atomic E-state index is 0.0307. The number of amides is 1. The number of anilines is 1. The third-order valence-electron chi connectivity index (χ3n) is 10.8. The summed E-state index contributed by atoms with van der Waals surface area (Å²) in [6.45, 7) is 20.8. The molecule has 0 saturated carbocycles. The minimum Gasteiger partial charge on any atom is -0.543 e. The van der Waals surface area contributed by atoms with Gasteiger partial charge in [0.15, 0.2) is 5.82 Å². The zero-order valence-corrected chi connectivity index (χ0v) is 33.9. The SMILES string of the molecule is COC(=O)C(C)(C)COc1nc(N2C[C@H]3CC[C@@H](C2)N3C(=O)OC(C)(C)C)c2ccc(-c3cc(O[Si](C)(C)C(C)(C)C)cc4ccccc34)c(F)c2n1. The molecule has 2 aliphatic heterocycles. The van der Waals surface area contributed by atoms with Gasteiger partial charge in [0.05, 0.1) is 24.6 Å². The van der Waals surface area contributed by atoms with Gasteiger partial charge in [-0.05, 0) is 100 Å². The monoisotopic (exact) mass is 744 g/mol. The highest BCUT2D eigenvalue weighted by atomic mass is 28.4. The average molecular weight is 745 g/mol. The lowest BCUT2D eigenvalue weighted by molar-refractivity contribution is -0.152. The lowest BCUT2D eigenvalue weighted by Gasteiger charge is -2.42. The maximum absolute atomic E-state index is 17.3. The highest BCUT2D eigenvalue weighted by molar-refractivity contribution is 6.74. The molecule has 284 valence electrons. The van der Waals surface area contributed by atoms with E-state index in [4.69, 9.17) is 23.6 Å². The van der Waals surface area contributed by atoms with Gasteiger partial charge in [-0.25, -0.2) is 9.18 Å². The molecule has 2 atom stereocenters. The number of ether oxygens (including phenoxy) is 3. The first kappa shape index (κ1) is 38.3.